The van der Waals surface area contributed by atoms with Crippen molar-refractivity contribution >= 4 is 33.3 Å². The van der Waals surface area contributed by atoms with Crippen molar-refractivity contribution in [2.24, 2.45) is 7.05 Å². The van der Waals surface area contributed by atoms with Crippen molar-refractivity contribution in [3.63, 3.8) is 0 Å². The van der Waals surface area contributed by atoms with E-state index in [2.05, 4.69) is 4.98 Å². The molecule has 0 atom stereocenters. The second-order valence-electron chi connectivity index (χ2n) is 3.93. The van der Waals surface area contributed by atoms with Gasteiger partial charge in [0.1, 0.15) is 0 Å². The van der Waals surface area contributed by atoms with Crippen molar-refractivity contribution in [3.05, 3.63) is 52.0 Å². The van der Waals surface area contributed by atoms with Gasteiger partial charge >= 0.3 is 0 Å². The van der Waals surface area contributed by atoms with Crippen LogP contribution in [-0.4, -0.2) is 9.55 Å². The summed E-state index contributed by atoms with van der Waals surface area (Å²) in [5, 5.41) is 2.81. The number of benzene rings is 1. The second-order valence-corrected chi connectivity index (χ2v) is 4.33. The summed E-state index contributed by atoms with van der Waals surface area (Å²) >= 11 is 6.15. The Morgan fingerprint density at radius 1 is 1.18 bits per heavy atom. The van der Waals surface area contributed by atoms with Crippen molar-refractivity contribution in [3.8, 4) is 0 Å². The molecule has 2 heterocycles. The molecule has 84 valence electrons. The lowest BCUT2D eigenvalue weighted by Gasteiger charge is -2.09. The smallest absolute Gasteiger partial charge is 0.260 e. The van der Waals surface area contributed by atoms with Crippen LogP contribution in [-0.2, 0) is 7.05 Å². The molecule has 3 nitrogen and oxygen atoms in total. The first-order valence-electron chi connectivity index (χ1n) is 5.21. The minimum absolute atomic E-state index is 0.0753. The van der Waals surface area contributed by atoms with Gasteiger partial charge < -0.3 is 4.57 Å². The molecule has 0 aliphatic heterocycles. The van der Waals surface area contributed by atoms with E-state index >= 15 is 0 Å². The van der Waals surface area contributed by atoms with Gasteiger partial charge in [0, 0.05) is 30.2 Å². The van der Waals surface area contributed by atoms with Gasteiger partial charge in [0.2, 0.25) is 0 Å². The first kappa shape index (κ1) is 10.3. The second kappa shape index (κ2) is 3.57. The summed E-state index contributed by atoms with van der Waals surface area (Å²) in [5.74, 6) is 0. The molecule has 0 bridgehead atoms. The van der Waals surface area contributed by atoms with Gasteiger partial charge in [0.15, 0.2) is 0 Å². The number of aryl methyl sites for hydroxylation is 1. The molecule has 0 unspecified atom stereocenters. The largest absolute Gasteiger partial charge is 0.311 e. The van der Waals surface area contributed by atoms with E-state index in [0.717, 1.165) is 16.3 Å². The highest BCUT2D eigenvalue weighted by Crippen LogP contribution is 2.27. The van der Waals surface area contributed by atoms with Crippen LogP contribution < -0.4 is 5.56 Å². The van der Waals surface area contributed by atoms with E-state index in [4.69, 9.17) is 11.6 Å². The number of para-hydroxylation sites is 1. The maximum Gasteiger partial charge on any atom is 0.260 e. The molecule has 0 saturated heterocycles. The predicted molar refractivity (Wildman–Crippen MR) is 69.5 cm³/mol. The van der Waals surface area contributed by atoms with E-state index < -0.39 is 0 Å². The van der Waals surface area contributed by atoms with Crippen LogP contribution in [0.3, 0.4) is 0 Å². The average Bonchev–Trinajstić information content (AvgIpc) is 2.36. The Hall–Kier alpha value is -1.87. The van der Waals surface area contributed by atoms with Crippen LogP contribution in [0.4, 0.5) is 0 Å². The van der Waals surface area contributed by atoms with Crippen LogP contribution in [0.2, 0.25) is 5.02 Å². The molecule has 0 aliphatic carbocycles. The minimum atomic E-state index is -0.0753. The number of rotatable bonds is 0. The number of aromatic nitrogens is 2. The number of fused-ring (bicyclic) bond motifs is 3. The summed E-state index contributed by atoms with van der Waals surface area (Å²) in [4.78, 5) is 16.1. The zero-order valence-electron chi connectivity index (χ0n) is 9.14. The summed E-state index contributed by atoms with van der Waals surface area (Å²) in [6, 6.07) is 7.71. The molecule has 0 radical (unpaired) electrons. The lowest BCUT2D eigenvalue weighted by molar-refractivity contribution is 0.917. The number of hydrogen-bond donors (Lipinski definition) is 0. The Bertz CT molecular complexity index is 792. The quantitative estimate of drug-likeness (QED) is 0.570. The summed E-state index contributed by atoms with van der Waals surface area (Å²) < 4.78 is 1.62. The third-order valence-electron chi connectivity index (χ3n) is 2.97. The van der Waals surface area contributed by atoms with Crippen molar-refractivity contribution in [2.45, 2.75) is 0 Å². The SMILES string of the molecule is Cn1c(=O)c2cncc(Cl)c2c2ccccc21. The molecule has 4 heteroatoms. The van der Waals surface area contributed by atoms with Crippen LogP contribution in [0.5, 0.6) is 0 Å². The van der Waals surface area contributed by atoms with Gasteiger partial charge in [-0.1, -0.05) is 29.8 Å². The molecule has 3 rings (SSSR count). The summed E-state index contributed by atoms with van der Waals surface area (Å²) in [7, 11) is 1.75. The third-order valence-corrected chi connectivity index (χ3v) is 3.26. The molecule has 0 fully saturated rings. The standard InChI is InChI=1S/C13H9ClN2O/c1-16-11-5-3-2-4-8(11)12-9(13(16)17)6-15-7-10(12)14/h2-7H,1H3. The number of nitrogens with zero attached hydrogens (tertiary/aromatic N) is 2. The predicted octanol–water partition coefficient (Wildman–Crippen LogP) is 2.74. The molecule has 0 N–H and O–H groups in total. The molecule has 1 aromatic carbocycles. The third kappa shape index (κ3) is 1.36. The van der Waals surface area contributed by atoms with Crippen LogP contribution in [0.25, 0.3) is 21.7 Å². The maximum atomic E-state index is 12.2. The Kier molecular flexibility index (Phi) is 2.16. The first-order chi connectivity index (χ1) is 8.20. The van der Waals surface area contributed by atoms with Gasteiger partial charge in [0.25, 0.3) is 5.56 Å². The monoisotopic (exact) mass is 244 g/mol. The summed E-state index contributed by atoms with van der Waals surface area (Å²) in [6.07, 6.45) is 3.13. The van der Waals surface area contributed by atoms with Gasteiger partial charge in [-0.25, -0.2) is 0 Å². The fraction of sp³-hybridized carbons (Fsp3) is 0.0769. The van der Waals surface area contributed by atoms with Crippen molar-refractivity contribution in [1.29, 1.82) is 0 Å². The Morgan fingerprint density at radius 3 is 2.76 bits per heavy atom. The Morgan fingerprint density at radius 2 is 1.94 bits per heavy atom. The van der Waals surface area contributed by atoms with Gasteiger partial charge in [-0.05, 0) is 6.07 Å². The zero-order valence-corrected chi connectivity index (χ0v) is 9.90. The van der Waals surface area contributed by atoms with E-state index in [9.17, 15) is 4.79 Å². The molecule has 2 aromatic heterocycles. The highest BCUT2D eigenvalue weighted by Gasteiger charge is 2.10. The van der Waals surface area contributed by atoms with Gasteiger partial charge in [-0.2, -0.15) is 0 Å². The first-order valence-corrected chi connectivity index (χ1v) is 5.59. The van der Waals surface area contributed by atoms with Gasteiger partial charge in [-0.3, -0.25) is 9.78 Å². The summed E-state index contributed by atoms with van der Waals surface area (Å²) in [6.45, 7) is 0. The lowest BCUT2D eigenvalue weighted by atomic mass is 10.1. The normalized spacial score (nSPS) is 11.2. The van der Waals surface area contributed by atoms with Crippen LogP contribution in [0.15, 0.2) is 41.5 Å². The number of hydrogen-bond acceptors (Lipinski definition) is 2. The topological polar surface area (TPSA) is 34.9 Å². The fourth-order valence-corrected chi connectivity index (χ4v) is 2.40. The van der Waals surface area contributed by atoms with Crippen LogP contribution in [0, 0.1) is 0 Å². The molecule has 0 spiro atoms. The number of pyridine rings is 2. The zero-order chi connectivity index (χ0) is 12.0. The summed E-state index contributed by atoms with van der Waals surface area (Å²) in [5.41, 5.74) is 0.798. The minimum Gasteiger partial charge on any atom is -0.311 e. The Labute approximate surface area is 102 Å². The highest BCUT2D eigenvalue weighted by atomic mass is 35.5. The molecule has 0 aliphatic rings. The molecule has 0 saturated carbocycles. The maximum absolute atomic E-state index is 12.2. The lowest BCUT2D eigenvalue weighted by Crippen LogP contribution is -2.17. The van der Waals surface area contributed by atoms with E-state index in [0.29, 0.717) is 10.4 Å². The molecule has 17 heavy (non-hydrogen) atoms. The fourth-order valence-electron chi connectivity index (χ4n) is 2.14. The highest BCUT2D eigenvalue weighted by molar-refractivity contribution is 6.37. The molecule has 3 aromatic rings. The molecular weight excluding hydrogens is 236 g/mol. The van der Waals surface area contributed by atoms with E-state index in [1.54, 1.807) is 24.0 Å². The van der Waals surface area contributed by atoms with Gasteiger partial charge in [-0.15, -0.1) is 0 Å². The van der Waals surface area contributed by atoms with E-state index in [1.807, 2.05) is 24.3 Å². The van der Waals surface area contributed by atoms with E-state index in [1.165, 1.54) is 0 Å². The van der Waals surface area contributed by atoms with Crippen molar-refractivity contribution < 1.29 is 0 Å². The van der Waals surface area contributed by atoms with E-state index in [-0.39, 0.29) is 5.56 Å². The van der Waals surface area contributed by atoms with Crippen LogP contribution >= 0.6 is 11.6 Å². The number of halogens is 1. The average molecular weight is 245 g/mol. The molecule has 0 amide bonds. The van der Waals surface area contributed by atoms with Crippen molar-refractivity contribution in [1.82, 2.24) is 9.55 Å². The van der Waals surface area contributed by atoms with Crippen LogP contribution in [0.1, 0.15) is 0 Å². The Balaban J connectivity index is 2.77. The van der Waals surface area contributed by atoms with Gasteiger partial charge in [0.05, 0.1) is 15.9 Å². The molecular formula is C13H9ClN2O. The van der Waals surface area contributed by atoms with Crippen molar-refractivity contribution in [2.75, 3.05) is 0 Å².